The predicted molar refractivity (Wildman–Crippen MR) is 134 cm³/mol. The first-order valence-electron chi connectivity index (χ1n) is 11.7. The van der Waals surface area contributed by atoms with Gasteiger partial charge in [-0.05, 0) is 49.2 Å². The molecule has 0 spiro atoms. The van der Waals surface area contributed by atoms with E-state index in [1.54, 1.807) is 30.3 Å². The second kappa shape index (κ2) is 9.74. The number of carbonyl (C=O) groups excluding carboxylic acids is 2. The number of aryl methyl sites for hydroxylation is 3. The van der Waals surface area contributed by atoms with Gasteiger partial charge in [-0.15, -0.1) is 0 Å². The normalized spacial score (nSPS) is 11.6. The molecule has 10 nitrogen and oxygen atoms in total. The van der Waals surface area contributed by atoms with Gasteiger partial charge in [-0.1, -0.05) is 12.1 Å². The molecule has 5 aromatic rings. The monoisotopic (exact) mass is 537 g/mol. The number of amides is 2. The van der Waals surface area contributed by atoms with Crippen molar-refractivity contribution >= 4 is 23.1 Å². The zero-order chi connectivity index (χ0) is 27.9. The third-order valence-electron chi connectivity index (χ3n) is 6.16. The molecule has 0 saturated heterocycles. The van der Waals surface area contributed by atoms with Crippen LogP contribution in [0.25, 0.3) is 16.9 Å². The van der Waals surface area contributed by atoms with Crippen molar-refractivity contribution in [3.63, 3.8) is 0 Å². The lowest BCUT2D eigenvalue weighted by atomic mass is 10.0. The molecule has 0 fully saturated rings. The van der Waals surface area contributed by atoms with Crippen molar-refractivity contribution in [1.29, 1.82) is 0 Å². The molecule has 0 saturated carbocycles. The molecule has 5 rings (SSSR count). The molecule has 0 atom stereocenters. The molecule has 1 aromatic carbocycles. The van der Waals surface area contributed by atoms with Crippen LogP contribution in [-0.4, -0.2) is 36.2 Å². The fourth-order valence-corrected chi connectivity index (χ4v) is 3.98. The minimum absolute atomic E-state index is 0.0322. The molecule has 2 N–H and O–H groups in total. The van der Waals surface area contributed by atoms with Crippen molar-refractivity contribution in [1.82, 2.24) is 29.7 Å². The van der Waals surface area contributed by atoms with Crippen molar-refractivity contribution in [3.05, 3.63) is 88.9 Å². The van der Waals surface area contributed by atoms with Crippen LogP contribution in [0.3, 0.4) is 0 Å². The van der Waals surface area contributed by atoms with Crippen LogP contribution < -0.4 is 10.6 Å². The van der Waals surface area contributed by atoms with E-state index < -0.39 is 23.7 Å². The maximum absolute atomic E-state index is 14.0. The number of fused-ring (bicyclic) bond motifs is 1. The number of alkyl halides is 3. The average Bonchev–Trinajstić information content (AvgIpc) is 3.63. The Morgan fingerprint density at radius 1 is 1.05 bits per heavy atom. The van der Waals surface area contributed by atoms with Crippen LogP contribution >= 0.6 is 0 Å². The topological polar surface area (TPSA) is 119 Å². The van der Waals surface area contributed by atoms with E-state index in [0.717, 1.165) is 23.3 Å². The number of anilines is 1. The molecule has 4 aromatic heterocycles. The standard InChI is InChI=1S/C26H22F3N7O3/c1-14-6-7-16(9-15(14)2)18-10-21(26(27,28)29)36-22(32-18)11-19(34-36)24(37)33-20-13-31-35(3)23(20)25(38)30-12-17-5-4-8-39-17/h4-11,13H,12H2,1-3H3,(H,30,38)(H,33,37). The van der Waals surface area contributed by atoms with Crippen LogP contribution in [0.2, 0.25) is 0 Å². The van der Waals surface area contributed by atoms with Crippen molar-refractivity contribution < 1.29 is 27.2 Å². The SMILES string of the molecule is Cc1ccc(-c2cc(C(F)(F)F)n3nc(C(=O)Nc4cnn(C)c4C(=O)NCc4ccco4)cc3n2)cc1C. The summed E-state index contributed by atoms with van der Waals surface area (Å²) in [5.74, 6) is -0.862. The molecular weight excluding hydrogens is 515 g/mol. The van der Waals surface area contributed by atoms with Crippen LogP contribution in [0.5, 0.6) is 0 Å². The van der Waals surface area contributed by atoms with Crippen molar-refractivity contribution in [3.8, 4) is 11.3 Å². The van der Waals surface area contributed by atoms with Gasteiger partial charge < -0.3 is 15.1 Å². The zero-order valence-electron chi connectivity index (χ0n) is 21.0. The summed E-state index contributed by atoms with van der Waals surface area (Å²) in [6.45, 7) is 3.86. The molecule has 0 bridgehead atoms. The summed E-state index contributed by atoms with van der Waals surface area (Å²) in [5.41, 5.74) is 0.994. The van der Waals surface area contributed by atoms with Gasteiger partial charge >= 0.3 is 6.18 Å². The summed E-state index contributed by atoms with van der Waals surface area (Å²) in [6.07, 6.45) is -2.04. The van der Waals surface area contributed by atoms with Crippen LogP contribution in [0.1, 0.15) is 43.6 Å². The van der Waals surface area contributed by atoms with Gasteiger partial charge in [0, 0.05) is 18.7 Å². The van der Waals surface area contributed by atoms with E-state index in [2.05, 4.69) is 25.8 Å². The number of nitrogens with zero attached hydrogens (tertiary/aromatic N) is 5. The van der Waals surface area contributed by atoms with Gasteiger partial charge in [-0.25, -0.2) is 9.50 Å². The van der Waals surface area contributed by atoms with Crippen LogP contribution in [0, 0.1) is 13.8 Å². The summed E-state index contributed by atoms with van der Waals surface area (Å²) in [7, 11) is 1.51. The van der Waals surface area contributed by atoms with Crippen molar-refractivity contribution in [2.45, 2.75) is 26.6 Å². The van der Waals surface area contributed by atoms with E-state index in [4.69, 9.17) is 4.42 Å². The lowest BCUT2D eigenvalue weighted by molar-refractivity contribution is -0.142. The molecular formula is C26H22F3N7O3. The quantitative estimate of drug-likeness (QED) is 0.328. The highest BCUT2D eigenvalue weighted by atomic mass is 19.4. The molecule has 200 valence electrons. The Labute approximate surface area is 219 Å². The number of rotatable bonds is 6. The summed E-state index contributed by atoms with van der Waals surface area (Å²) in [5, 5.41) is 13.0. The highest BCUT2D eigenvalue weighted by molar-refractivity contribution is 6.07. The second-order valence-corrected chi connectivity index (χ2v) is 8.87. The zero-order valence-corrected chi connectivity index (χ0v) is 21.0. The fraction of sp³-hybridized carbons (Fsp3) is 0.192. The third-order valence-corrected chi connectivity index (χ3v) is 6.16. The molecule has 2 amide bonds. The highest BCUT2D eigenvalue weighted by Gasteiger charge is 2.36. The van der Waals surface area contributed by atoms with Crippen LogP contribution in [-0.2, 0) is 19.8 Å². The van der Waals surface area contributed by atoms with Crippen molar-refractivity contribution in [2.75, 3.05) is 5.32 Å². The van der Waals surface area contributed by atoms with E-state index in [1.165, 1.54) is 24.2 Å². The van der Waals surface area contributed by atoms with Gasteiger partial charge in [-0.3, -0.25) is 14.3 Å². The highest BCUT2D eigenvalue weighted by Crippen LogP contribution is 2.33. The van der Waals surface area contributed by atoms with E-state index in [0.29, 0.717) is 15.8 Å². The fourth-order valence-electron chi connectivity index (χ4n) is 3.98. The van der Waals surface area contributed by atoms with E-state index in [-0.39, 0.29) is 35.0 Å². The largest absolute Gasteiger partial charge is 0.467 e. The first kappa shape index (κ1) is 25.7. The number of halogens is 3. The van der Waals surface area contributed by atoms with E-state index in [1.807, 2.05) is 13.8 Å². The molecule has 0 aliphatic rings. The molecule has 39 heavy (non-hydrogen) atoms. The summed E-state index contributed by atoms with van der Waals surface area (Å²) >= 11 is 0. The first-order valence-corrected chi connectivity index (χ1v) is 11.7. The molecule has 0 radical (unpaired) electrons. The maximum atomic E-state index is 14.0. The van der Waals surface area contributed by atoms with Gasteiger partial charge in [0.05, 0.1) is 30.4 Å². The average molecular weight is 538 g/mol. The van der Waals surface area contributed by atoms with Gasteiger partial charge in [0.15, 0.2) is 17.0 Å². The second-order valence-electron chi connectivity index (χ2n) is 8.87. The Kier molecular flexibility index (Phi) is 6.42. The van der Waals surface area contributed by atoms with Gasteiger partial charge in [0.2, 0.25) is 0 Å². The number of furan rings is 1. The number of benzene rings is 1. The Balaban J connectivity index is 1.46. The van der Waals surface area contributed by atoms with E-state index in [9.17, 15) is 22.8 Å². The van der Waals surface area contributed by atoms with Crippen LogP contribution in [0.15, 0.2) is 59.3 Å². The van der Waals surface area contributed by atoms with Crippen LogP contribution in [0.4, 0.5) is 18.9 Å². The summed E-state index contributed by atoms with van der Waals surface area (Å²) < 4.78 is 49.0. The number of hydrogen-bond acceptors (Lipinski definition) is 6. The molecule has 0 aliphatic heterocycles. The lowest BCUT2D eigenvalue weighted by Crippen LogP contribution is -2.26. The van der Waals surface area contributed by atoms with E-state index >= 15 is 0 Å². The van der Waals surface area contributed by atoms with Gasteiger partial charge in [0.1, 0.15) is 11.5 Å². The maximum Gasteiger partial charge on any atom is 0.433 e. The minimum atomic E-state index is -4.77. The molecule has 0 unspecified atom stereocenters. The molecule has 13 heteroatoms. The number of carbonyl (C=O) groups is 2. The summed E-state index contributed by atoms with van der Waals surface area (Å²) in [4.78, 5) is 30.1. The Bertz CT molecular complexity index is 1700. The minimum Gasteiger partial charge on any atom is -0.467 e. The Morgan fingerprint density at radius 3 is 2.54 bits per heavy atom. The first-order chi connectivity index (χ1) is 18.5. The Hall–Kier alpha value is -4.94. The molecule has 4 heterocycles. The smallest absolute Gasteiger partial charge is 0.433 e. The Morgan fingerprint density at radius 2 is 1.85 bits per heavy atom. The lowest BCUT2D eigenvalue weighted by Gasteiger charge is -2.11. The number of hydrogen-bond donors (Lipinski definition) is 2. The predicted octanol–water partition coefficient (Wildman–Crippen LogP) is 4.54. The van der Waals surface area contributed by atoms with Gasteiger partial charge in [-0.2, -0.15) is 23.4 Å². The third kappa shape index (κ3) is 5.10. The summed E-state index contributed by atoms with van der Waals surface area (Å²) in [6, 6.07) is 10.7. The van der Waals surface area contributed by atoms with Crippen molar-refractivity contribution in [2.24, 2.45) is 7.05 Å². The van der Waals surface area contributed by atoms with Gasteiger partial charge in [0.25, 0.3) is 11.8 Å². The molecule has 0 aliphatic carbocycles. The number of nitrogens with one attached hydrogen (secondary N) is 2. The number of aromatic nitrogens is 5.